The molecule has 2 aromatic rings. The number of esters is 1. The van der Waals surface area contributed by atoms with Crippen molar-refractivity contribution in [3.05, 3.63) is 59.2 Å². The van der Waals surface area contributed by atoms with E-state index in [4.69, 9.17) is 5.73 Å². The molecule has 0 fully saturated rings. The van der Waals surface area contributed by atoms with Crippen LogP contribution < -0.4 is 11.1 Å². The lowest BCUT2D eigenvalue weighted by Crippen LogP contribution is -2.12. The summed E-state index contributed by atoms with van der Waals surface area (Å²) in [6.45, 7) is 1.88. The minimum absolute atomic E-state index is 0.257. The van der Waals surface area contributed by atoms with Crippen LogP contribution in [0.25, 0.3) is 0 Å². The number of carbonyl (C=O) groups excluding carboxylic acids is 2. The van der Waals surface area contributed by atoms with Crippen LogP contribution in [0.15, 0.2) is 42.5 Å². The number of hydrogen-bond donors (Lipinski definition) is 2. The van der Waals surface area contributed by atoms with E-state index in [1.165, 1.54) is 7.11 Å². The molecule has 0 spiro atoms. The number of nitrogen functional groups attached to an aromatic ring is 1. The van der Waals surface area contributed by atoms with Gasteiger partial charge >= 0.3 is 5.97 Å². The van der Waals surface area contributed by atoms with Crippen molar-refractivity contribution >= 4 is 23.3 Å². The fourth-order valence-electron chi connectivity index (χ4n) is 1.79. The van der Waals surface area contributed by atoms with Gasteiger partial charge in [-0.05, 0) is 48.9 Å². The number of benzene rings is 2. The van der Waals surface area contributed by atoms with Gasteiger partial charge < -0.3 is 15.8 Å². The van der Waals surface area contributed by atoms with Crippen LogP contribution in [-0.4, -0.2) is 19.0 Å². The van der Waals surface area contributed by atoms with Gasteiger partial charge in [0.1, 0.15) is 0 Å². The van der Waals surface area contributed by atoms with Crippen molar-refractivity contribution in [3.63, 3.8) is 0 Å². The van der Waals surface area contributed by atoms with E-state index in [0.29, 0.717) is 22.5 Å². The summed E-state index contributed by atoms with van der Waals surface area (Å²) < 4.78 is 4.61. The number of rotatable bonds is 3. The summed E-state index contributed by atoms with van der Waals surface area (Å²) in [6, 6.07) is 11.6. The zero-order valence-electron chi connectivity index (χ0n) is 11.8. The number of ether oxygens (including phenoxy) is 1. The molecule has 0 aliphatic heterocycles. The molecule has 0 unspecified atom stereocenters. The third kappa shape index (κ3) is 3.39. The van der Waals surface area contributed by atoms with Gasteiger partial charge in [0.05, 0.1) is 12.7 Å². The van der Waals surface area contributed by atoms with Gasteiger partial charge in [-0.1, -0.05) is 6.07 Å². The van der Waals surface area contributed by atoms with Crippen molar-refractivity contribution in [1.82, 2.24) is 0 Å². The van der Waals surface area contributed by atoms with Gasteiger partial charge in [-0.2, -0.15) is 0 Å². The topological polar surface area (TPSA) is 81.4 Å². The Morgan fingerprint density at radius 2 is 1.67 bits per heavy atom. The molecular weight excluding hydrogens is 268 g/mol. The van der Waals surface area contributed by atoms with E-state index in [-0.39, 0.29) is 5.91 Å². The van der Waals surface area contributed by atoms with E-state index in [1.807, 2.05) is 6.92 Å². The van der Waals surface area contributed by atoms with Gasteiger partial charge in [0.25, 0.3) is 5.91 Å². The molecule has 1 amide bonds. The predicted octanol–water partition coefficient (Wildman–Crippen LogP) is 2.62. The first-order chi connectivity index (χ1) is 10.0. The summed E-state index contributed by atoms with van der Waals surface area (Å²) in [5.41, 5.74) is 8.78. The standard InChI is InChI=1S/C16H16N2O3/c1-10-3-4-12(9-14(10)17)15(19)18-13-7-5-11(6-8-13)16(20)21-2/h3-9H,17H2,1-2H3,(H,18,19). The summed E-state index contributed by atoms with van der Waals surface area (Å²) in [5.74, 6) is -0.674. The number of nitrogens with two attached hydrogens (primary N) is 1. The Kier molecular flexibility index (Phi) is 4.23. The van der Waals surface area contributed by atoms with Crippen molar-refractivity contribution in [2.45, 2.75) is 6.92 Å². The van der Waals surface area contributed by atoms with E-state index in [0.717, 1.165) is 5.56 Å². The van der Waals surface area contributed by atoms with Crippen LogP contribution in [0, 0.1) is 6.92 Å². The van der Waals surface area contributed by atoms with Crippen LogP contribution in [0.3, 0.4) is 0 Å². The number of hydrogen-bond acceptors (Lipinski definition) is 4. The highest BCUT2D eigenvalue weighted by Crippen LogP contribution is 2.16. The number of carbonyl (C=O) groups is 2. The molecular formula is C16H16N2O3. The maximum absolute atomic E-state index is 12.1. The van der Waals surface area contributed by atoms with Crippen molar-refractivity contribution in [1.29, 1.82) is 0 Å². The lowest BCUT2D eigenvalue weighted by atomic mass is 10.1. The average Bonchev–Trinajstić information content (AvgIpc) is 2.50. The van der Waals surface area contributed by atoms with Crippen LogP contribution in [-0.2, 0) is 4.74 Å². The van der Waals surface area contributed by atoms with Gasteiger partial charge in [0.2, 0.25) is 0 Å². The normalized spacial score (nSPS) is 10.0. The first-order valence-corrected chi connectivity index (χ1v) is 6.37. The third-order valence-electron chi connectivity index (χ3n) is 3.11. The second kappa shape index (κ2) is 6.09. The lowest BCUT2D eigenvalue weighted by molar-refractivity contribution is 0.0600. The van der Waals surface area contributed by atoms with Gasteiger partial charge in [-0.25, -0.2) is 4.79 Å². The summed E-state index contributed by atoms with van der Waals surface area (Å²) in [4.78, 5) is 23.4. The molecule has 0 radical (unpaired) electrons. The Bertz CT molecular complexity index is 678. The predicted molar refractivity (Wildman–Crippen MR) is 81.3 cm³/mol. The molecule has 5 nitrogen and oxygen atoms in total. The number of nitrogens with one attached hydrogen (secondary N) is 1. The van der Waals surface area contributed by atoms with Crippen molar-refractivity contribution in [3.8, 4) is 0 Å². The molecule has 3 N–H and O–H groups in total. The van der Waals surface area contributed by atoms with Crippen LogP contribution in [0.1, 0.15) is 26.3 Å². The first-order valence-electron chi connectivity index (χ1n) is 6.37. The first kappa shape index (κ1) is 14.6. The van der Waals surface area contributed by atoms with Crippen LogP contribution in [0.4, 0.5) is 11.4 Å². The molecule has 5 heteroatoms. The second-order valence-corrected chi connectivity index (χ2v) is 4.59. The molecule has 108 valence electrons. The molecule has 0 saturated heterocycles. The summed E-state index contributed by atoms with van der Waals surface area (Å²) in [6.07, 6.45) is 0. The summed E-state index contributed by atoms with van der Waals surface area (Å²) in [5, 5.41) is 2.74. The maximum atomic E-state index is 12.1. The smallest absolute Gasteiger partial charge is 0.337 e. The van der Waals surface area contributed by atoms with Gasteiger partial charge in [-0.15, -0.1) is 0 Å². The quantitative estimate of drug-likeness (QED) is 0.670. The van der Waals surface area contributed by atoms with E-state index >= 15 is 0 Å². The zero-order valence-corrected chi connectivity index (χ0v) is 11.8. The molecule has 21 heavy (non-hydrogen) atoms. The van der Waals surface area contributed by atoms with Gasteiger partial charge in [0, 0.05) is 16.9 Å². The van der Waals surface area contributed by atoms with Crippen molar-refractivity contribution < 1.29 is 14.3 Å². The molecule has 2 rings (SSSR count). The number of methoxy groups -OCH3 is 1. The average molecular weight is 284 g/mol. The molecule has 0 atom stereocenters. The Morgan fingerprint density at radius 1 is 1.05 bits per heavy atom. The zero-order chi connectivity index (χ0) is 15.4. The Morgan fingerprint density at radius 3 is 2.24 bits per heavy atom. The molecule has 0 bridgehead atoms. The van der Waals surface area contributed by atoms with Crippen molar-refractivity contribution in [2.75, 3.05) is 18.2 Å². The maximum Gasteiger partial charge on any atom is 0.337 e. The fourth-order valence-corrected chi connectivity index (χ4v) is 1.79. The SMILES string of the molecule is COC(=O)c1ccc(NC(=O)c2ccc(C)c(N)c2)cc1. The van der Waals surface area contributed by atoms with Crippen LogP contribution in [0.2, 0.25) is 0 Å². The third-order valence-corrected chi connectivity index (χ3v) is 3.11. The molecule has 0 aromatic heterocycles. The highest BCUT2D eigenvalue weighted by Gasteiger charge is 2.09. The molecule has 0 saturated carbocycles. The van der Waals surface area contributed by atoms with E-state index in [9.17, 15) is 9.59 Å². The van der Waals surface area contributed by atoms with Gasteiger partial charge in [0.15, 0.2) is 0 Å². The Labute approximate surface area is 122 Å². The number of amides is 1. The molecule has 0 aliphatic carbocycles. The van der Waals surface area contributed by atoms with E-state index in [1.54, 1.807) is 42.5 Å². The highest BCUT2D eigenvalue weighted by atomic mass is 16.5. The molecule has 0 aliphatic rings. The molecule has 0 heterocycles. The largest absolute Gasteiger partial charge is 0.465 e. The summed E-state index contributed by atoms with van der Waals surface area (Å²) >= 11 is 0. The fraction of sp³-hybridized carbons (Fsp3) is 0.125. The minimum Gasteiger partial charge on any atom is -0.465 e. The Balaban J connectivity index is 2.12. The van der Waals surface area contributed by atoms with E-state index in [2.05, 4.69) is 10.1 Å². The van der Waals surface area contributed by atoms with E-state index < -0.39 is 5.97 Å². The molecule has 2 aromatic carbocycles. The van der Waals surface area contributed by atoms with Crippen LogP contribution >= 0.6 is 0 Å². The number of aryl methyl sites for hydroxylation is 1. The van der Waals surface area contributed by atoms with Crippen LogP contribution in [0.5, 0.6) is 0 Å². The summed E-state index contributed by atoms with van der Waals surface area (Å²) in [7, 11) is 1.32. The monoisotopic (exact) mass is 284 g/mol. The lowest BCUT2D eigenvalue weighted by Gasteiger charge is -2.07. The van der Waals surface area contributed by atoms with Crippen molar-refractivity contribution in [2.24, 2.45) is 0 Å². The van der Waals surface area contributed by atoms with Gasteiger partial charge in [-0.3, -0.25) is 4.79 Å². The Hall–Kier alpha value is -2.82. The number of anilines is 2. The highest BCUT2D eigenvalue weighted by molar-refractivity contribution is 6.05. The second-order valence-electron chi connectivity index (χ2n) is 4.59. The minimum atomic E-state index is -0.417.